The highest BCUT2D eigenvalue weighted by Crippen LogP contribution is 2.48. The average Bonchev–Trinajstić information content (AvgIpc) is 2.99. The summed E-state index contributed by atoms with van der Waals surface area (Å²) in [6.07, 6.45) is 1.56. The Labute approximate surface area is 191 Å². The molecule has 0 amide bonds. The second-order valence-electron chi connectivity index (χ2n) is 11.4. The number of carbonyl (C=O) groups is 1. The predicted molar refractivity (Wildman–Crippen MR) is 128 cm³/mol. The summed E-state index contributed by atoms with van der Waals surface area (Å²) in [5.74, 6) is -0.244. The van der Waals surface area contributed by atoms with Crippen LogP contribution in [0.4, 0.5) is 11.4 Å². The standard InChI is InChI=1S/C27H35N3O2/c1-25(2,3)18-15-19(26(4,5)6)17-20(16-18)28-29-22-10-8-9-21-23(22)27(32-24(21)31)11-13-30(7)14-12-27/h8-10,15-17H,11-14H2,1-7H3. The summed E-state index contributed by atoms with van der Waals surface area (Å²) in [6, 6.07) is 12.2. The zero-order valence-electron chi connectivity index (χ0n) is 20.5. The zero-order valence-corrected chi connectivity index (χ0v) is 20.5. The van der Waals surface area contributed by atoms with Crippen molar-refractivity contribution in [2.24, 2.45) is 10.2 Å². The molecule has 1 saturated heterocycles. The highest BCUT2D eigenvalue weighted by Gasteiger charge is 2.48. The van der Waals surface area contributed by atoms with Gasteiger partial charge in [0.05, 0.1) is 16.9 Å². The maximum atomic E-state index is 12.6. The van der Waals surface area contributed by atoms with Crippen molar-refractivity contribution in [2.45, 2.75) is 70.8 Å². The van der Waals surface area contributed by atoms with E-state index in [-0.39, 0.29) is 16.8 Å². The van der Waals surface area contributed by atoms with Crippen molar-refractivity contribution >= 4 is 17.3 Å². The van der Waals surface area contributed by atoms with Gasteiger partial charge in [0, 0.05) is 31.5 Å². The average molecular weight is 434 g/mol. The topological polar surface area (TPSA) is 54.3 Å². The molecule has 0 unspecified atom stereocenters. The van der Waals surface area contributed by atoms with Gasteiger partial charge < -0.3 is 9.64 Å². The number of carbonyl (C=O) groups excluding carboxylic acids is 1. The summed E-state index contributed by atoms with van der Waals surface area (Å²) in [5.41, 5.74) is 5.02. The minimum atomic E-state index is -0.585. The van der Waals surface area contributed by atoms with E-state index in [9.17, 15) is 4.79 Å². The van der Waals surface area contributed by atoms with Crippen molar-refractivity contribution < 1.29 is 9.53 Å². The van der Waals surface area contributed by atoms with Crippen LogP contribution in [0.5, 0.6) is 0 Å². The number of piperidine rings is 1. The van der Waals surface area contributed by atoms with Gasteiger partial charge >= 0.3 is 5.97 Å². The molecule has 1 spiro atoms. The second-order valence-corrected chi connectivity index (χ2v) is 11.4. The number of nitrogens with zero attached hydrogens (tertiary/aromatic N) is 3. The Morgan fingerprint density at radius 1 is 0.906 bits per heavy atom. The van der Waals surface area contributed by atoms with Crippen molar-refractivity contribution in [1.82, 2.24) is 4.90 Å². The van der Waals surface area contributed by atoms with Crippen molar-refractivity contribution in [3.63, 3.8) is 0 Å². The van der Waals surface area contributed by atoms with Crippen LogP contribution in [-0.2, 0) is 21.2 Å². The van der Waals surface area contributed by atoms with E-state index in [0.717, 1.165) is 42.9 Å². The molecule has 32 heavy (non-hydrogen) atoms. The molecule has 0 atom stereocenters. The van der Waals surface area contributed by atoms with Crippen LogP contribution in [0.3, 0.4) is 0 Å². The number of rotatable bonds is 2. The first-order chi connectivity index (χ1) is 14.9. The lowest BCUT2D eigenvalue weighted by atomic mass is 9.80. The Morgan fingerprint density at radius 3 is 2.06 bits per heavy atom. The number of azo groups is 1. The molecule has 0 saturated carbocycles. The normalized spacial score (nSPS) is 18.9. The summed E-state index contributed by atoms with van der Waals surface area (Å²) in [5, 5.41) is 9.34. The van der Waals surface area contributed by atoms with Gasteiger partial charge in [-0.15, -0.1) is 0 Å². The molecule has 2 aliphatic rings. The van der Waals surface area contributed by atoms with Crippen molar-refractivity contribution in [3.8, 4) is 0 Å². The van der Waals surface area contributed by atoms with Gasteiger partial charge in [0.25, 0.3) is 0 Å². The van der Waals surface area contributed by atoms with Gasteiger partial charge in [-0.25, -0.2) is 4.79 Å². The van der Waals surface area contributed by atoms with E-state index in [0.29, 0.717) is 5.56 Å². The van der Waals surface area contributed by atoms with Crippen LogP contribution in [0.25, 0.3) is 0 Å². The minimum absolute atomic E-state index is 0.0119. The lowest BCUT2D eigenvalue weighted by Gasteiger charge is -2.37. The van der Waals surface area contributed by atoms with E-state index in [1.807, 2.05) is 18.2 Å². The number of ether oxygens (including phenoxy) is 1. The van der Waals surface area contributed by atoms with Crippen LogP contribution in [0.15, 0.2) is 46.6 Å². The van der Waals surface area contributed by atoms with Crippen molar-refractivity contribution in [3.05, 3.63) is 58.7 Å². The van der Waals surface area contributed by atoms with Gasteiger partial charge in [0.2, 0.25) is 0 Å². The van der Waals surface area contributed by atoms with Crippen molar-refractivity contribution in [2.75, 3.05) is 20.1 Å². The summed E-state index contributed by atoms with van der Waals surface area (Å²) in [4.78, 5) is 14.9. The van der Waals surface area contributed by atoms with Gasteiger partial charge in [-0.2, -0.15) is 10.2 Å². The highest BCUT2D eigenvalue weighted by atomic mass is 16.6. The molecule has 5 nitrogen and oxygen atoms in total. The maximum absolute atomic E-state index is 12.6. The van der Waals surface area contributed by atoms with Gasteiger partial charge in [-0.05, 0) is 53.3 Å². The first kappa shape index (κ1) is 22.7. The molecule has 0 bridgehead atoms. The molecular formula is C27H35N3O2. The fourth-order valence-corrected chi connectivity index (χ4v) is 4.53. The molecule has 2 aromatic carbocycles. The Kier molecular flexibility index (Phi) is 5.52. The summed E-state index contributed by atoms with van der Waals surface area (Å²) >= 11 is 0. The van der Waals surface area contributed by atoms with Gasteiger partial charge in [-0.1, -0.05) is 53.7 Å². The predicted octanol–water partition coefficient (Wildman–Crippen LogP) is 6.79. The highest BCUT2D eigenvalue weighted by molar-refractivity contribution is 5.96. The summed E-state index contributed by atoms with van der Waals surface area (Å²) in [7, 11) is 2.10. The van der Waals surface area contributed by atoms with Crippen LogP contribution < -0.4 is 0 Å². The molecule has 4 rings (SSSR count). The van der Waals surface area contributed by atoms with Crippen molar-refractivity contribution in [1.29, 1.82) is 0 Å². The molecule has 0 aromatic heterocycles. The largest absolute Gasteiger partial charge is 0.450 e. The first-order valence-electron chi connectivity index (χ1n) is 11.5. The molecule has 1 fully saturated rings. The molecule has 0 aliphatic carbocycles. The lowest BCUT2D eigenvalue weighted by Crippen LogP contribution is -2.41. The smallest absolute Gasteiger partial charge is 0.339 e. The molecule has 2 aromatic rings. The monoisotopic (exact) mass is 433 g/mol. The fraction of sp³-hybridized carbons (Fsp3) is 0.519. The molecule has 5 heteroatoms. The second kappa shape index (κ2) is 7.80. The summed E-state index contributed by atoms with van der Waals surface area (Å²) in [6.45, 7) is 15.1. The van der Waals surface area contributed by atoms with Crippen LogP contribution in [-0.4, -0.2) is 31.0 Å². The van der Waals surface area contributed by atoms with E-state index in [1.165, 1.54) is 11.1 Å². The zero-order chi connectivity index (χ0) is 23.3. The van der Waals surface area contributed by atoms with Crippen LogP contribution in [0.2, 0.25) is 0 Å². The fourth-order valence-electron chi connectivity index (χ4n) is 4.53. The number of hydrogen-bond acceptors (Lipinski definition) is 5. The molecule has 0 radical (unpaired) electrons. The van der Waals surface area contributed by atoms with E-state index in [1.54, 1.807) is 0 Å². The van der Waals surface area contributed by atoms with Crippen LogP contribution in [0, 0.1) is 0 Å². The van der Waals surface area contributed by atoms with E-state index in [4.69, 9.17) is 4.74 Å². The summed E-state index contributed by atoms with van der Waals surface area (Å²) < 4.78 is 5.96. The number of esters is 1. The van der Waals surface area contributed by atoms with Crippen LogP contribution >= 0.6 is 0 Å². The molecule has 170 valence electrons. The van der Waals surface area contributed by atoms with Crippen LogP contribution in [0.1, 0.15) is 81.4 Å². The molecule has 0 N–H and O–H groups in total. The maximum Gasteiger partial charge on any atom is 0.339 e. The third-order valence-corrected chi connectivity index (χ3v) is 6.72. The van der Waals surface area contributed by atoms with E-state index >= 15 is 0 Å². The quantitative estimate of drug-likeness (QED) is 0.387. The number of benzene rings is 2. The number of likely N-dealkylation sites (tertiary alicyclic amines) is 1. The number of hydrogen-bond donors (Lipinski definition) is 0. The Bertz CT molecular complexity index is 1030. The van der Waals surface area contributed by atoms with E-state index in [2.05, 4.69) is 81.9 Å². The molecular weight excluding hydrogens is 398 g/mol. The lowest BCUT2D eigenvalue weighted by molar-refractivity contribution is -0.0391. The Hall–Kier alpha value is -2.53. The van der Waals surface area contributed by atoms with Gasteiger partial charge in [0.1, 0.15) is 5.60 Å². The molecule has 2 heterocycles. The Morgan fingerprint density at radius 2 is 1.50 bits per heavy atom. The van der Waals surface area contributed by atoms with Gasteiger partial charge in [-0.3, -0.25) is 0 Å². The number of fused-ring (bicyclic) bond motifs is 2. The Balaban J connectivity index is 1.77. The SMILES string of the molecule is CN1CCC2(CC1)OC(=O)c1cccc(N=Nc3cc(C(C)(C)C)cc(C(C)(C)C)c3)c12. The minimum Gasteiger partial charge on any atom is -0.450 e. The first-order valence-corrected chi connectivity index (χ1v) is 11.5. The third-order valence-electron chi connectivity index (χ3n) is 6.72. The third kappa shape index (κ3) is 4.23. The van der Waals surface area contributed by atoms with E-state index < -0.39 is 5.60 Å². The van der Waals surface area contributed by atoms with Gasteiger partial charge in [0.15, 0.2) is 0 Å². The molecule has 2 aliphatic heterocycles.